The van der Waals surface area contributed by atoms with Gasteiger partial charge in [-0.25, -0.2) is 4.98 Å². The Labute approximate surface area is 81.5 Å². The lowest BCUT2D eigenvalue weighted by molar-refractivity contribution is -0.140. The summed E-state index contributed by atoms with van der Waals surface area (Å²) in [6.45, 7) is 0. The molecule has 0 radical (unpaired) electrons. The Kier molecular flexibility index (Phi) is 3.31. The quantitative estimate of drug-likeness (QED) is 0.537. The van der Waals surface area contributed by atoms with Gasteiger partial charge in [-0.1, -0.05) is 0 Å². The van der Waals surface area contributed by atoms with Crippen LogP contribution in [0.2, 0.25) is 0 Å². The molecule has 0 bridgehead atoms. The van der Waals surface area contributed by atoms with Gasteiger partial charge in [-0.15, -0.1) is 11.6 Å². The van der Waals surface area contributed by atoms with Crippen molar-refractivity contribution < 1.29 is 9.53 Å². The number of aryl methyl sites for hydroxylation is 1. The van der Waals surface area contributed by atoms with E-state index in [1.54, 1.807) is 12.5 Å². The molecular weight excluding hydrogens is 192 g/mol. The first-order valence-corrected chi connectivity index (χ1v) is 4.26. The van der Waals surface area contributed by atoms with Gasteiger partial charge < -0.3 is 9.30 Å². The van der Waals surface area contributed by atoms with Gasteiger partial charge in [0.2, 0.25) is 0 Å². The first kappa shape index (κ1) is 10.1. The second-order valence-electron chi connectivity index (χ2n) is 2.69. The number of aromatic nitrogens is 2. The van der Waals surface area contributed by atoms with E-state index in [0.717, 1.165) is 5.69 Å². The highest BCUT2D eigenvalue weighted by Crippen LogP contribution is 2.08. The van der Waals surface area contributed by atoms with Crippen LogP contribution in [0, 0.1) is 0 Å². The molecule has 0 aromatic carbocycles. The molecule has 1 aromatic rings. The number of hydrogen-bond acceptors (Lipinski definition) is 3. The van der Waals surface area contributed by atoms with E-state index >= 15 is 0 Å². The van der Waals surface area contributed by atoms with E-state index in [0.29, 0.717) is 6.42 Å². The van der Waals surface area contributed by atoms with Crippen LogP contribution in [0.15, 0.2) is 12.5 Å². The maximum Gasteiger partial charge on any atom is 0.324 e. The number of halogens is 1. The Balaban J connectivity index is 2.59. The van der Waals surface area contributed by atoms with E-state index in [-0.39, 0.29) is 0 Å². The van der Waals surface area contributed by atoms with Crippen molar-refractivity contribution >= 4 is 17.6 Å². The van der Waals surface area contributed by atoms with Crippen LogP contribution in [0.25, 0.3) is 0 Å². The van der Waals surface area contributed by atoms with E-state index in [4.69, 9.17) is 11.6 Å². The minimum atomic E-state index is -0.639. The predicted octanol–water partition coefficient (Wildman–Crippen LogP) is 0.743. The average molecular weight is 203 g/mol. The Morgan fingerprint density at radius 2 is 2.54 bits per heavy atom. The summed E-state index contributed by atoms with van der Waals surface area (Å²) in [6, 6.07) is 0. The van der Waals surface area contributed by atoms with Gasteiger partial charge in [0.05, 0.1) is 13.4 Å². The lowest BCUT2D eigenvalue weighted by Crippen LogP contribution is -2.19. The van der Waals surface area contributed by atoms with Gasteiger partial charge >= 0.3 is 5.97 Å². The van der Waals surface area contributed by atoms with Crippen molar-refractivity contribution in [3.63, 3.8) is 0 Å². The maximum absolute atomic E-state index is 11.0. The largest absolute Gasteiger partial charge is 0.468 e. The van der Waals surface area contributed by atoms with Crippen LogP contribution in [0.3, 0.4) is 0 Å². The second-order valence-corrected chi connectivity index (χ2v) is 3.22. The zero-order chi connectivity index (χ0) is 9.84. The van der Waals surface area contributed by atoms with Crippen LogP contribution in [0.5, 0.6) is 0 Å². The van der Waals surface area contributed by atoms with Crippen molar-refractivity contribution in [3.8, 4) is 0 Å². The average Bonchev–Trinajstić information content (AvgIpc) is 2.50. The maximum atomic E-state index is 11.0. The first-order chi connectivity index (χ1) is 6.15. The number of nitrogens with zero attached hydrogens (tertiary/aromatic N) is 2. The monoisotopic (exact) mass is 202 g/mol. The minimum Gasteiger partial charge on any atom is -0.468 e. The fourth-order valence-corrected chi connectivity index (χ4v) is 1.22. The van der Waals surface area contributed by atoms with Crippen molar-refractivity contribution in [2.75, 3.05) is 7.11 Å². The van der Waals surface area contributed by atoms with E-state index < -0.39 is 11.3 Å². The number of methoxy groups -OCH3 is 1. The molecule has 0 saturated carbocycles. The number of hydrogen-bond donors (Lipinski definition) is 0. The number of esters is 1. The number of rotatable bonds is 3. The number of ether oxygens (including phenoxy) is 1. The molecule has 72 valence electrons. The van der Waals surface area contributed by atoms with Crippen LogP contribution in [0.4, 0.5) is 0 Å². The Bertz CT molecular complexity index is 298. The molecule has 0 unspecified atom stereocenters. The summed E-state index contributed by atoms with van der Waals surface area (Å²) in [7, 11) is 3.17. The van der Waals surface area contributed by atoms with E-state index in [1.165, 1.54) is 7.11 Å². The summed E-state index contributed by atoms with van der Waals surface area (Å²) < 4.78 is 6.32. The molecule has 4 nitrogen and oxygen atoms in total. The number of carbonyl (C=O) groups excluding carboxylic acids is 1. The van der Waals surface area contributed by atoms with Gasteiger partial charge in [0.1, 0.15) is 5.38 Å². The van der Waals surface area contributed by atoms with Crippen molar-refractivity contribution in [2.45, 2.75) is 11.8 Å². The van der Waals surface area contributed by atoms with Crippen LogP contribution < -0.4 is 0 Å². The third-order valence-corrected chi connectivity index (χ3v) is 2.09. The van der Waals surface area contributed by atoms with Crippen molar-refractivity contribution in [1.29, 1.82) is 0 Å². The number of carbonyl (C=O) groups is 1. The standard InChI is InChI=1S/C8H11ClN2O2/c1-11-5-10-4-6(11)3-7(9)8(12)13-2/h4-5,7H,3H2,1-2H3/t7-/m1/s1. The molecule has 5 heteroatoms. The fraction of sp³-hybridized carbons (Fsp3) is 0.500. The molecular formula is C8H11ClN2O2. The zero-order valence-electron chi connectivity index (χ0n) is 7.53. The minimum absolute atomic E-state index is 0.414. The van der Waals surface area contributed by atoms with Gasteiger partial charge in [-0.05, 0) is 0 Å². The first-order valence-electron chi connectivity index (χ1n) is 3.82. The molecule has 1 atom stereocenters. The molecule has 0 aliphatic rings. The molecule has 0 aliphatic heterocycles. The van der Waals surface area contributed by atoms with Crippen LogP contribution >= 0.6 is 11.6 Å². The molecule has 0 spiro atoms. The van der Waals surface area contributed by atoms with Crippen molar-refractivity contribution in [3.05, 3.63) is 18.2 Å². The molecule has 1 rings (SSSR count). The van der Waals surface area contributed by atoms with Crippen LogP contribution in [-0.2, 0) is 23.0 Å². The summed E-state index contributed by atoms with van der Waals surface area (Å²) in [5.74, 6) is -0.414. The van der Waals surface area contributed by atoms with Crippen molar-refractivity contribution in [1.82, 2.24) is 9.55 Å². The molecule has 0 saturated heterocycles. The van der Waals surface area contributed by atoms with Gasteiger partial charge in [0.25, 0.3) is 0 Å². The molecule has 0 N–H and O–H groups in total. The Morgan fingerprint density at radius 1 is 1.85 bits per heavy atom. The van der Waals surface area contributed by atoms with E-state index in [2.05, 4.69) is 9.72 Å². The zero-order valence-corrected chi connectivity index (χ0v) is 8.28. The fourth-order valence-electron chi connectivity index (χ4n) is 0.976. The number of alkyl halides is 1. The van der Waals surface area contributed by atoms with Gasteiger partial charge in [0.15, 0.2) is 0 Å². The summed E-state index contributed by atoms with van der Waals surface area (Å²) in [5, 5.41) is -0.639. The van der Waals surface area contributed by atoms with E-state index in [9.17, 15) is 4.79 Å². The predicted molar refractivity (Wildman–Crippen MR) is 48.6 cm³/mol. The molecule has 1 heterocycles. The van der Waals surface area contributed by atoms with Crippen molar-refractivity contribution in [2.24, 2.45) is 7.05 Å². The summed E-state index contributed by atoms with van der Waals surface area (Å²) in [6.07, 6.45) is 3.78. The lowest BCUT2D eigenvalue weighted by atomic mass is 10.2. The molecule has 13 heavy (non-hydrogen) atoms. The summed E-state index contributed by atoms with van der Waals surface area (Å²) in [5.41, 5.74) is 0.908. The second kappa shape index (κ2) is 4.28. The molecule has 0 fully saturated rings. The van der Waals surface area contributed by atoms with Crippen LogP contribution in [0.1, 0.15) is 5.69 Å². The summed E-state index contributed by atoms with van der Waals surface area (Å²) in [4.78, 5) is 14.9. The topological polar surface area (TPSA) is 44.1 Å². The highest BCUT2D eigenvalue weighted by atomic mass is 35.5. The Morgan fingerprint density at radius 3 is 3.00 bits per heavy atom. The lowest BCUT2D eigenvalue weighted by Gasteiger charge is -2.06. The SMILES string of the molecule is COC(=O)[C@H](Cl)Cc1cncn1C. The smallest absolute Gasteiger partial charge is 0.324 e. The third kappa shape index (κ3) is 2.45. The normalized spacial score (nSPS) is 12.5. The highest BCUT2D eigenvalue weighted by Gasteiger charge is 2.17. The molecule has 1 aromatic heterocycles. The molecule has 0 aliphatic carbocycles. The van der Waals surface area contributed by atoms with Gasteiger partial charge in [-0.3, -0.25) is 4.79 Å². The Hall–Kier alpha value is -1.03. The summed E-state index contributed by atoms with van der Waals surface area (Å²) >= 11 is 5.78. The van der Waals surface area contributed by atoms with Gasteiger partial charge in [0, 0.05) is 25.4 Å². The van der Waals surface area contributed by atoms with Gasteiger partial charge in [-0.2, -0.15) is 0 Å². The molecule has 0 amide bonds. The van der Waals surface area contributed by atoms with Crippen LogP contribution in [-0.4, -0.2) is 28.0 Å². The van der Waals surface area contributed by atoms with E-state index in [1.807, 2.05) is 11.6 Å². The number of imidazole rings is 1. The third-order valence-electron chi connectivity index (χ3n) is 1.76. The highest BCUT2D eigenvalue weighted by molar-refractivity contribution is 6.29.